The van der Waals surface area contributed by atoms with Gasteiger partial charge in [-0.05, 0) is 52.9 Å². The SMILES string of the molecule is OC(c1cncc(Br)c1)C1CCOC2(CCSC2)C1. The highest BCUT2D eigenvalue weighted by Gasteiger charge is 2.42. The van der Waals surface area contributed by atoms with Gasteiger partial charge < -0.3 is 9.84 Å². The lowest BCUT2D eigenvalue weighted by molar-refractivity contribution is -0.102. The van der Waals surface area contributed by atoms with Crippen LogP contribution in [0.5, 0.6) is 0 Å². The molecule has 0 bridgehead atoms. The quantitative estimate of drug-likeness (QED) is 0.895. The van der Waals surface area contributed by atoms with Crippen molar-refractivity contribution in [1.29, 1.82) is 0 Å². The maximum Gasteiger partial charge on any atom is 0.0835 e. The molecule has 3 nitrogen and oxygen atoms in total. The molecule has 0 aliphatic carbocycles. The van der Waals surface area contributed by atoms with E-state index in [1.807, 2.05) is 17.8 Å². The zero-order valence-corrected chi connectivity index (χ0v) is 13.1. The normalized spacial score (nSPS) is 32.6. The average molecular weight is 344 g/mol. The fourth-order valence-corrected chi connectivity index (χ4v) is 4.82. The molecule has 1 aromatic heterocycles. The van der Waals surface area contributed by atoms with Crippen LogP contribution in [-0.2, 0) is 4.74 Å². The van der Waals surface area contributed by atoms with Crippen LogP contribution in [-0.4, -0.2) is 33.8 Å². The zero-order valence-electron chi connectivity index (χ0n) is 10.7. The predicted octanol–water partition coefficient (Wildman–Crippen LogP) is 3.18. The summed E-state index contributed by atoms with van der Waals surface area (Å²) in [7, 11) is 0. The maximum absolute atomic E-state index is 10.6. The van der Waals surface area contributed by atoms with E-state index >= 15 is 0 Å². The number of ether oxygens (including phenoxy) is 1. The highest BCUT2D eigenvalue weighted by Crippen LogP contribution is 2.44. The lowest BCUT2D eigenvalue weighted by atomic mass is 9.80. The number of nitrogens with zero attached hydrogens (tertiary/aromatic N) is 1. The Morgan fingerprint density at radius 1 is 1.53 bits per heavy atom. The third-order valence-corrected chi connectivity index (χ3v) is 5.77. The Hall–Kier alpha value is -0.100. The Labute approximate surface area is 126 Å². The minimum absolute atomic E-state index is 0.0218. The lowest BCUT2D eigenvalue weighted by Gasteiger charge is -2.39. The topological polar surface area (TPSA) is 42.4 Å². The van der Waals surface area contributed by atoms with Crippen LogP contribution in [0.2, 0.25) is 0 Å². The molecule has 0 amide bonds. The monoisotopic (exact) mass is 343 g/mol. The zero-order chi connectivity index (χ0) is 13.3. The van der Waals surface area contributed by atoms with Crippen molar-refractivity contribution in [3.8, 4) is 0 Å². The molecule has 2 fully saturated rings. The van der Waals surface area contributed by atoms with Gasteiger partial charge in [0.05, 0.1) is 11.7 Å². The van der Waals surface area contributed by atoms with Gasteiger partial charge in [0.2, 0.25) is 0 Å². The van der Waals surface area contributed by atoms with Crippen molar-refractivity contribution >= 4 is 27.7 Å². The first kappa shape index (κ1) is 13.9. The molecule has 2 aliphatic heterocycles. The summed E-state index contributed by atoms with van der Waals surface area (Å²) in [6.07, 6.45) is 6.10. The first-order chi connectivity index (χ1) is 9.19. The van der Waals surface area contributed by atoms with Crippen LogP contribution in [0.25, 0.3) is 0 Å². The molecule has 2 aliphatic rings. The van der Waals surface area contributed by atoms with Crippen molar-refractivity contribution in [3.63, 3.8) is 0 Å². The molecule has 0 saturated carbocycles. The molecule has 1 aromatic rings. The number of rotatable bonds is 2. The smallest absolute Gasteiger partial charge is 0.0835 e. The van der Waals surface area contributed by atoms with E-state index in [1.165, 1.54) is 5.75 Å². The minimum Gasteiger partial charge on any atom is -0.388 e. The summed E-state index contributed by atoms with van der Waals surface area (Å²) in [5.74, 6) is 2.54. The van der Waals surface area contributed by atoms with Gasteiger partial charge in [0, 0.05) is 34.8 Å². The first-order valence-corrected chi connectivity index (χ1v) is 8.64. The fourth-order valence-electron chi connectivity index (χ4n) is 3.06. The summed E-state index contributed by atoms with van der Waals surface area (Å²) in [6, 6.07) is 1.96. The Balaban J connectivity index is 1.74. The molecule has 3 rings (SSSR count). The van der Waals surface area contributed by atoms with Crippen LogP contribution >= 0.6 is 27.7 Å². The number of halogens is 1. The van der Waals surface area contributed by atoms with E-state index in [0.717, 1.165) is 41.7 Å². The third-order valence-electron chi connectivity index (χ3n) is 4.11. The van der Waals surface area contributed by atoms with Crippen molar-refractivity contribution in [1.82, 2.24) is 4.98 Å². The van der Waals surface area contributed by atoms with Gasteiger partial charge >= 0.3 is 0 Å². The fraction of sp³-hybridized carbons (Fsp3) is 0.643. The van der Waals surface area contributed by atoms with E-state index in [-0.39, 0.29) is 11.5 Å². The van der Waals surface area contributed by atoms with Crippen molar-refractivity contribution in [2.75, 3.05) is 18.1 Å². The minimum atomic E-state index is -0.434. The van der Waals surface area contributed by atoms with Gasteiger partial charge in [-0.1, -0.05) is 0 Å². The van der Waals surface area contributed by atoms with Gasteiger partial charge in [-0.15, -0.1) is 0 Å². The molecule has 3 unspecified atom stereocenters. The second-order valence-corrected chi connectivity index (χ2v) is 7.49. The molecular weight excluding hydrogens is 326 g/mol. The van der Waals surface area contributed by atoms with Gasteiger partial charge in [0.1, 0.15) is 0 Å². The van der Waals surface area contributed by atoms with Crippen LogP contribution in [0, 0.1) is 5.92 Å². The first-order valence-electron chi connectivity index (χ1n) is 6.69. The van der Waals surface area contributed by atoms with E-state index in [1.54, 1.807) is 12.4 Å². The summed E-state index contributed by atoms with van der Waals surface area (Å²) in [6.45, 7) is 0.768. The third kappa shape index (κ3) is 2.99. The van der Waals surface area contributed by atoms with Crippen LogP contribution in [0.4, 0.5) is 0 Å². The van der Waals surface area contributed by atoms with Crippen molar-refractivity contribution < 1.29 is 9.84 Å². The molecule has 1 spiro atoms. The van der Waals surface area contributed by atoms with Crippen LogP contribution < -0.4 is 0 Å². The number of hydrogen-bond donors (Lipinski definition) is 1. The largest absolute Gasteiger partial charge is 0.388 e. The summed E-state index contributed by atoms with van der Waals surface area (Å²) < 4.78 is 6.93. The second kappa shape index (κ2) is 5.72. The Bertz CT molecular complexity index is 451. The maximum atomic E-state index is 10.6. The second-order valence-electron chi connectivity index (χ2n) is 5.47. The molecule has 3 atom stereocenters. The summed E-state index contributed by atoms with van der Waals surface area (Å²) >= 11 is 5.38. The summed E-state index contributed by atoms with van der Waals surface area (Å²) in [5, 5.41) is 10.6. The highest BCUT2D eigenvalue weighted by molar-refractivity contribution is 9.10. The van der Waals surface area contributed by atoms with E-state index in [0.29, 0.717) is 0 Å². The summed E-state index contributed by atoms with van der Waals surface area (Å²) in [4.78, 5) is 4.15. The lowest BCUT2D eigenvalue weighted by Crippen LogP contribution is -2.41. The van der Waals surface area contributed by atoms with Crippen LogP contribution in [0.15, 0.2) is 22.9 Å². The number of thioether (sulfide) groups is 1. The Morgan fingerprint density at radius 3 is 3.16 bits per heavy atom. The molecule has 3 heterocycles. The standard InChI is InChI=1S/C14H18BrNO2S/c15-12-5-11(7-16-8-12)13(17)10-1-3-18-14(6-10)2-4-19-9-14/h5,7-8,10,13,17H,1-4,6,9H2. The number of aliphatic hydroxyl groups excluding tert-OH is 1. The Morgan fingerprint density at radius 2 is 2.42 bits per heavy atom. The van der Waals surface area contributed by atoms with E-state index in [4.69, 9.17) is 4.74 Å². The van der Waals surface area contributed by atoms with Gasteiger partial charge in [0.25, 0.3) is 0 Å². The average Bonchev–Trinajstić information content (AvgIpc) is 2.86. The van der Waals surface area contributed by atoms with Crippen molar-refractivity contribution in [2.45, 2.75) is 31.0 Å². The van der Waals surface area contributed by atoms with Gasteiger partial charge in [0.15, 0.2) is 0 Å². The van der Waals surface area contributed by atoms with E-state index < -0.39 is 6.10 Å². The molecule has 104 valence electrons. The van der Waals surface area contributed by atoms with Gasteiger partial charge in [-0.3, -0.25) is 4.98 Å². The molecular formula is C14H18BrNO2S. The van der Waals surface area contributed by atoms with Crippen molar-refractivity contribution in [3.05, 3.63) is 28.5 Å². The van der Waals surface area contributed by atoms with E-state index in [2.05, 4.69) is 20.9 Å². The molecule has 0 radical (unpaired) electrons. The molecule has 1 N–H and O–H groups in total. The predicted molar refractivity (Wildman–Crippen MR) is 80.2 cm³/mol. The number of aromatic nitrogens is 1. The number of aliphatic hydroxyl groups is 1. The van der Waals surface area contributed by atoms with Gasteiger partial charge in [-0.25, -0.2) is 0 Å². The molecule has 5 heteroatoms. The molecule has 0 aromatic carbocycles. The van der Waals surface area contributed by atoms with Crippen LogP contribution in [0.3, 0.4) is 0 Å². The van der Waals surface area contributed by atoms with E-state index in [9.17, 15) is 5.11 Å². The Kier molecular flexibility index (Phi) is 4.17. The molecule has 19 heavy (non-hydrogen) atoms. The highest BCUT2D eigenvalue weighted by atomic mass is 79.9. The molecule has 2 saturated heterocycles. The number of pyridine rings is 1. The van der Waals surface area contributed by atoms with Crippen molar-refractivity contribution in [2.24, 2.45) is 5.92 Å². The van der Waals surface area contributed by atoms with Crippen LogP contribution in [0.1, 0.15) is 30.9 Å². The van der Waals surface area contributed by atoms with Gasteiger partial charge in [-0.2, -0.15) is 11.8 Å². The summed E-state index contributed by atoms with van der Waals surface area (Å²) in [5.41, 5.74) is 0.927. The number of hydrogen-bond acceptors (Lipinski definition) is 4.